The van der Waals surface area contributed by atoms with E-state index in [2.05, 4.69) is 0 Å². The average molecular weight is 266 g/mol. The first-order chi connectivity index (χ1) is 8.24. The number of halogens is 2. The molecule has 5 heteroatoms. The van der Waals surface area contributed by atoms with Gasteiger partial charge in [-0.3, -0.25) is 0 Å². The molecule has 0 unspecified atom stereocenters. The van der Waals surface area contributed by atoms with Gasteiger partial charge in [-0.1, -0.05) is 35.3 Å². The molecule has 0 heterocycles. The minimum Gasteiger partial charge on any atom is -0.526 e. The Morgan fingerprint density at radius 1 is 0.765 bits per heavy atom. The summed E-state index contributed by atoms with van der Waals surface area (Å²) in [5, 5.41) is 1.22. The molecule has 0 aromatic heterocycles. The van der Waals surface area contributed by atoms with Gasteiger partial charge in [0.05, 0.1) is 0 Å². The fourth-order valence-electron chi connectivity index (χ4n) is 1.22. The predicted molar refractivity (Wildman–Crippen MR) is 69.9 cm³/mol. The molecular formula is C12H8BCl2O2. The zero-order chi connectivity index (χ0) is 12.1. The SMILES string of the molecule is Clc1cccc(O[B]Oc2cccc(Cl)c2)c1. The van der Waals surface area contributed by atoms with Crippen molar-refractivity contribution in [3.8, 4) is 11.5 Å². The summed E-state index contributed by atoms with van der Waals surface area (Å²) in [6, 6.07) is 14.1. The Kier molecular flexibility index (Phi) is 4.18. The van der Waals surface area contributed by atoms with Gasteiger partial charge in [-0.2, -0.15) is 0 Å². The van der Waals surface area contributed by atoms with Gasteiger partial charge in [0, 0.05) is 10.0 Å². The zero-order valence-electron chi connectivity index (χ0n) is 8.77. The minimum absolute atomic E-state index is 0.610. The Morgan fingerprint density at radius 2 is 1.24 bits per heavy atom. The summed E-state index contributed by atoms with van der Waals surface area (Å²) in [4.78, 5) is 0. The fourth-order valence-corrected chi connectivity index (χ4v) is 1.58. The van der Waals surface area contributed by atoms with Crippen LogP contribution in [0.1, 0.15) is 0 Å². The van der Waals surface area contributed by atoms with E-state index in [0.717, 1.165) is 0 Å². The van der Waals surface area contributed by atoms with E-state index in [1.165, 1.54) is 7.69 Å². The predicted octanol–water partition coefficient (Wildman–Crippen LogP) is 3.99. The standard InChI is InChI=1S/C12H8BCl2O2/c14-9-3-1-5-11(7-9)16-13-17-12-6-2-4-10(15)8-12/h1-8H. The van der Waals surface area contributed by atoms with Crippen LogP contribution in [0.5, 0.6) is 11.5 Å². The van der Waals surface area contributed by atoms with Gasteiger partial charge in [0.25, 0.3) is 0 Å². The van der Waals surface area contributed by atoms with Crippen molar-refractivity contribution in [2.45, 2.75) is 0 Å². The van der Waals surface area contributed by atoms with Crippen molar-refractivity contribution in [1.82, 2.24) is 0 Å². The molecule has 1 radical (unpaired) electrons. The van der Waals surface area contributed by atoms with E-state index in [-0.39, 0.29) is 0 Å². The Hall–Kier alpha value is -1.32. The summed E-state index contributed by atoms with van der Waals surface area (Å²) in [6.45, 7) is 0. The summed E-state index contributed by atoms with van der Waals surface area (Å²) >= 11 is 11.6. The molecule has 0 bridgehead atoms. The third kappa shape index (κ3) is 3.88. The highest BCUT2D eigenvalue weighted by Crippen LogP contribution is 2.18. The smallest absolute Gasteiger partial charge is 0.526 e. The summed E-state index contributed by atoms with van der Waals surface area (Å²) in [7, 11) is 1.23. The molecule has 0 amide bonds. The van der Waals surface area contributed by atoms with Crippen molar-refractivity contribution in [1.29, 1.82) is 0 Å². The van der Waals surface area contributed by atoms with Gasteiger partial charge < -0.3 is 9.31 Å². The van der Waals surface area contributed by atoms with Crippen molar-refractivity contribution in [2.75, 3.05) is 0 Å². The molecule has 85 valence electrons. The van der Waals surface area contributed by atoms with E-state index < -0.39 is 0 Å². The summed E-state index contributed by atoms with van der Waals surface area (Å²) < 4.78 is 10.5. The van der Waals surface area contributed by atoms with Crippen LogP contribution in [0.25, 0.3) is 0 Å². The minimum atomic E-state index is 0.610. The molecule has 0 aliphatic rings. The van der Waals surface area contributed by atoms with Gasteiger partial charge >= 0.3 is 7.69 Å². The van der Waals surface area contributed by atoms with Crippen LogP contribution < -0.4 is 9.31 Å². The third-order valence-corrected chi connectivity index (χ3v) is 2.43. The van der Waals surface area contributed by atoms with Crippen LogP contribution in [0, 0.1) is 0 Å². The second-order valence-corrected chi connectivity index (χ2v) is 4.12. The van der Waals surface area contributed by atoms with Crippen LogP contribution in [0.15, 0.2) is 48.5 Å². The Balaban J connectivity index is 1.87. The second-order valence-electron chi connectivity index (χ2n) is 3.25. The first kappa shape index (κ1) is 12.2. The molecule has 0 aliphatic carbocycles. The molecule has 2 aromatic carbocycles. The molecule has 0 aliphatic heterocycles. The first-order valence-corrected chi connectivity index (χ1v) is 5.66. The molecule has 0 spiro atoms. The highest BCUT2D eigenvalue weighted by Gasteiger charge is 2.02. The lowest BCUT2D eigenvalue weighted by Crippen LogP contribution is -2.10. The quantitative estimate of drug-likeness (QED) is 0.779. The van der Waals surface area contributed by atoms with Gasteiger partial charge in [-0.15, -0.1) is 0 Å². The lowest BCUT2D eigenvalue weighted by molar-refractivity contribution is 0.459. The maximum atomic E-state index is 5.81. The molecule has 2 nitrogen and oxygen atoms in total. The molecule has 0 fully saturated rings. The Labute approximate surface area is 110 Å². The van der Waals surface area contributed by atoms with E-state index >= 15 is 0 Å². The number of benzene rings is 2. The van der Waals surface area contributed by atoms with Crippen LogP contribution in [-0.4, -0.2) is 7.69 Å². The molecular weight excluding hydrogens is 258 g/mol. The molecule has 0 saturated carbocycles. The number of hydrogen-bond donors (Lipinski definition) is 0. The van der Waals surface area contributed by atoms with E-state index in [0.29, 0.717) is 21.5 Å². The molecule has 17 heavy (non-hydrogen) atoms. The molecule has 2 aromatic rings. The number of hydrogen-bond acceptors (Lipinski definition) is 2. The topological polar surface area (TPSA) is 18.5 Å². The third-order valence-electron chi connectivity index (χ3n) is 1.96. The highest BCUT2D eigenvalue weighted by molar-refractivity contribution is 6.31. The van der Waals surface area contributed by atoms with Crippen LogP contribution in [0.4, 0.5) is 0 Å². The van der Waals surface area contributed by atoms with E-state index in [1.54, 1.807) is 48.5 Å². The van der Waals surface area contributed by atoms with E-state index in [9.17, 15) is 0 Å². The van der Waals surface area contributed by atoms with Gasteiger partial charge in [-0.25, -0.2) is 0 Å². The van der Waals surface area contributed by atoms with Crippen LogP contribution in [-0.2, 0) is 0 Å². The van der Waals surface area contributed by atoms with Gasteiger partial charge in [0.2, 0.25) is 0 Å². The largest absolute Gasteiger partial charge is 0.658 e. The average Bonchev–Trinajstić information content (AvgIpc) is 2.29. The monoisotopic (exact) mass is 265 g/mol. The molecule has 0 N–H and O–H groups in total. The Morgan fingerprint density at radius 3 is 1.65 bits per heavy atom. The van der Waals surface area contributed by atoms with Gasteiger partial charge in [-0.05, 0) is 36.4 Å². The second kappa shape index (κ2) is 5.85. The number of rotatable bonds is 4. The lowest BCUT2D eigenvalue weighted by atomic mass is 10.3. The molecule has 0 saturated heterocycles. The van der Waals surface area contributed by atoms with Gasteiger partial charge in [0.15, 0.2) is 0 Å². The maximum Gasteiger partial charge on any atom is 0.658 e. The molecule has 0 atom stereocenters. The molecule has 2 rings (SSSR count). The highest BCUT2D eigenvalue weighted by atomic mass is 35.5. The van der Waals surface area contributed by atoms with Crippen molar-refractivity contribution in [3.63, 3.8) is 0 Å². The normalized spacial score (nSPS) is 9.76. The van der Waals surface area contributed by atoms with Gasteiger partial charge in [0.1, 0.15) is 11.5 Å². The van der Waals surface area contributed by atoms with Crippen LogP contribution in [0.3, 0.4) is 0 Å². The first-order valence-electron chi connectivity index (χ1n) is 4.90. The maximum absolute atomic E-state index is 5.81. The summed E-state index contributed by atoms with van der Waals surface area (Å²) in [6.07, 6.45) is 0. The van der Waals surface area contributed by atoms with E-state index in [4.69, 9.17) is 32.5 Å². The van der Waals surface area contributed by atoms with Crippen molar-refractivity contribution >= 4 is 30.9 Å². The zero-order valence-corrected chi connectivity index (χ0v) is 10.3. The van der Waals surface area contributed by atoms with Crippen molar-refractivity contribution in [2.24, 2.45) is 0 Å². The van der Waals surface area contributed by atoms with Crippen LogP contribution in [0.2, 0.25) is 10.0 Å². The van der Waals surface area contributed by atoms with Crippen LogP contribution >= 0.6 is 23.2 Å². The Bertz CT molecular complexity index is 460. The fraction of sp³-hybridized carbons (Fsp3) is 0. The van der Waals surface area contributed by atoms with Crippen molar-refractivity contribution < 1.29 is 9.31 Å². The summed E-state index contributed by atoms with van der Waals surface area (Å²) in [5.74, 6) is 1.22. The summed E-state index contributed by atoms with van der Waals surface area (Å²) in [5.41, 5.74) is 0. The van der Waals surface area contributed by atoms with Crippen molar-refractivity contribution in [3.05, 3.63) is 58.6 Å². The lowest BCUT2D eigenvalue weighted by Gasteiger charge is -2.06. The van der Waals surface area contributed by atoms with E-state index in [1.807, 2.05) is 0 Å².